The second kappa shape index (κ2) is 13.1. The average molecular weight is 671 g/mol. The first-order valence-electron chi connectivity index (χ1n) is 14.4. The smallest absolute Gasteiger partial charge is 0.338 e. The van der Waals surface area contributed by atoms with E-state index in [1.165, 1.54) is 37.0 Å². The molecule has 1 aliphatic heterocycles. The molecule has 3 aromatic carbocycles. The summed E-state index contributed by atoms with van der Waals surface area (Å²) in [5, 5.41) is 9.73. The van der Waals surface area contributed by atoms with Gasteiger partial charge in [0.2, 0.25) is 0 Å². The normalized spacial score (nSPS) is 14.4. The highest BCUT2D eigenvalue weighted by Gasteiger charge is 2.35. The van der Waals surface area contributed by atoms with Gasteiger partial charge in [-0.15, -0.1) is 0 Å². The van der Waals surface area contributed by atoms with Crippen LogP contribution in [0.15, 0.2) is 98.6 Å². The molecule has 0 saturated heterocycles. The van der Waals surface area contributed by atoms with Crippen molar-refractivity contribution in [3.05, 3.63) is 132 Å². The van der Waals surface area contributed by atoms with Crippen LogP contribution in [0.2, 0.25) is 5.02 Å². The van der Waals surface area contributed by atoms with Crippen molar-refractivity contribution in [2.24, 2.45) is 4.99 Å². The van der Waals surface area contributed by atoms with Gasteiger partial charge >= 0.3 is 11.9 Å². The third-order valence-electron chi connectivity index (χ3n) is 7.48. The zero-order chi connectivity index (χ0) is 33.2. The number of hydrogen-bond donors (Lipinski definition) is 1. The predicted octanol–water partition coefficient (Wildman–Crippen LogP) is 5.56. The minimum Gasteiger partial charge on any atom is -0.493 e. The van der Waals surface area contributed by atoms with Gasteiger partial charge in [0.1, 0.15) is 11.5 Å². The Balaban J connectivity index is 1.57. The molecular formula is C35H27ClN2O8S. The molecule has 12 heteroatoms. The van der Waals surface area contributed by atoms with E-state index in [-0.39, 0.29) is 22.3 Å². The monoisotopic (exact) mass is 670 g/mol. The summed E-state index contributed by atoms with van der Waals surface area (Å²) in [4.78, 5) is 44.7. The predicted molar refractivity (Wildman–Crippen MR) is 177 cm³/mol. The maximum absolute atomic E-state index is 14.2. The number of aromatic carboxylic acids is 1. The molecule has 1 atom stereocenters. The standard InChI is InChI=1S/C35H27ClN2O8S/c1-4-45-34(42)29-30(19-8-6-5-7-9-19)37-35-38(31(29)20-11-14-26(43-2)27(17-20)44-3)32(39)28(47-35)18-22-12-15-25(46-22)23-16-21(33(40)41)10-13-24(23)36/h5-18,31H,4H2,1-3H3,(H,40,41)/b28-18-/t31-/m0/s1. The number of nitrogens with zero attached hydrogens (tertiary/aromatic N) is 2. The third kappa shape index (κ3) is 5.98. The van der Waals surface area contributed by atoms with Gasteiger partial charge in [0.05, 0.1) is 53.3 Å². The Morgan fingerprint density at radius 2 is 1.79 bits per heavy atom. The zero-order valence-corrected chi connectivity index (χ0v) is 26.9. The highest BCUT2D eigenvalue weighted by molar-refractivity contribution is 7.07. The fourth-order valence-corrected chi connectivity index (χ4v) is 6.52. The van der Waals surface area contributed by atoms with Gasteiger partial charge in [0.15, 0.2) is 16.3 Å². The lowest BCUT2D eigenvalue weighted by molar-refractivity contribution is -0.138. The number of hydrogen-bond acceptors (Lipinski definition) is 9. The molecule has 0 amide bonds. The summed E-state index contributed by atoms with van der Waals surface area (Å²) >= 11 is 7.49. The molecule has 0 spiro atoms. The molecule has 0 radical (unpaired) electrons. The number of methoxy groups -OCH3 is 2. The van der Waals surface area contributed by atoms with E-state index in [1.807, 2.05) is 30.3 Å². The van der Waals surface area contributed by atoms with Crippen LogP contribution < -0.4 is 24.4 Å². The molecule has 0 saturated carbocycles. The van der Waals surface area contributed by atoms with Gasteiger partial charge < -0.3 is 23.7 Å². The summed E-state index contributed by atoms with van der Waals surface area (Å²) in [5.41, 5.74) is 1.86. The van der Waals surface area contributed by atoms with E-state index >= 15 is 0 Å². The highest BCUT2D eigenvalue weighted by atomic mass is 35.5. The SMILES string of the molecule is CCOC(=O)C1=C(c2ccccc2)N=c2s/c(=C\c3ccc(-c4cc(C(=O)O)ccc4Cl)o3)c(=O)n2[C@H]1c1ccc(OC)c(OC)c1. The number of thiazole rings is 1. The molecule has 6 rings (SSSR count). The van der Waals surface area contributed by atoms with Crippen LogP contribution in [0.25, 0.3) is 23.1 Å². The number of furan rings is 1. The summed E-state index contributed by atoms with van der Waals surface area (Å²) in [6, 6.07) is 21.1. The second-order valence-electron chi connectivity index (χ2n) is 10.2. The van der Waals surface area contributed by atoms with Crippen LogP contribution in [0.3, 0.4) is 0 Å². The molecule has 47 heavy (non-hydrogen) atoms. The lowest BCUT2D eigenvalue weighted by atomic mass is 9.93. The molecule has 238 valence electrons. The summed E-state index contributed by atoms with van der Waals surface area (Å²) in [6.45, 7) is 1.83. The number of rotatable bonds is 9. The van der Waals surface area contributed by atoms with E-state index in [9.17, 15) is 19.5 Å². The number of carbonyl (C=O) groups is 2. The van der Waals surface area contributed by atoms with Crippen molar-refractivity contribution in [1.82, 2.24) is 4.57 Å². The van der Waals surface area contributed by atoms with Crippen molar-refractivity contribution in [2.45, 2.75) is 13.0 Å². The van der Waals surface area contributed by atoms with Crippen LogP contribution in [-0.4, -0.2) is 42.4 Å². The Labute approximate surface area is 277 Å². The van der Waals surface area contributed by atoms with Crippen LogP contribution in [-0.2, 0) is 9.53 Å². The maximum atomic E-state index is 14.2. The molecule has 0 fully saturated rings. The summed E-state index contributed by atoms with van der Waals surface area (Å²) in [7, 11) is 3.03. The van der Waals surface area contributed by atoms with E-state index < -0.39 is 23.5 Å². The number of aromatic nitrogens is 1. The summed E-state index contributed by atoms with van der Waals surface area (Å²) in [5.74, 6) is -0.148. The molecule has 1 N–H and O–H groups in total. The van der Waals surface area contributed by atoms with Crippen molar-refractivity contribution in [3.63, 3.8) is 0 Å². The van der Waals surface area contributed by atoms with E-state index in [4.69, 9.17) is 35.2 Å². The number of benzene rings is 3. The quantitative estimate of drug-likeness (QED) is 0.202. The molecule has 5 aromatic rings. The number of carboxylic acid groups (broad SMARTS) is 1. The molecule has 2 aromatic heterocycles. The Morgan fingerprint density at radius 1 is 1.02 bits per heavy atom. The summed E-state index contributed by atoms with van der Waals surface area (Å²) < 4.78 is 24.3. The lowest BCUT2D eigenvalue weighted by Crippen LogP contribution is -2.40. The first-order valence-corrected chi connectivity index (χ1v) is 15.6. The van der Waals surface area contributed by atoms with Crippen LogP contribution in [0.5, 0.6) is 11.5 Å². The highest BCUT2D eigenvalue weighted by Crippen LogP contribution is 2.38. The minimum atomic E-state index is -1.10. The van der Waals surface area contributed by atoms with E-state index in [2.05, 4.69) is 0 Å². The second-order valence-corrected chi connectivity index (χ2v) is 11.7. The molecule has 0 bridgehead atoms. The van der Waals surface area contributed by atoms with E-state index in [1.54, 1.807) is 43.3 Å². The Morgan fingerprint density at radius 3 is 2.49 bits per heavy atom. The van der Waals surface area contributed by atoms with Crippen molar-refractivity contribution in [2.75, 3.05) is 20.8 Å². The first-order chi connectivity index (χ1) is 22.7. The molecule has 1 aliphatic rings. The number of ether oxygens (including phenoxy) is 3. The van der Waals surface area contributed by atoms with Gasteiger partial charge in [-0.2, -0.15) is 0 Å². The molecule has 3 heterocycles. The fraction of sp³-hybridized carbons (Fsp3) is 0.143. The Hall–Kier alpha value is -5.39. The topological polar surface area (TPSA) is 130 Å². The molecular weight excluding hydrogens is 644 g/mol. The molecule has 0 unspecified atom stereocenters. The lowest BCUT2D eigenvalue weighted by Gasteiger charge is -2.26. The van der Waals surface area contributed by atoms with Gasteiger partial charge in [-0.25, -0.2) is 14.6 Å². The van der Waals surface area contributed by atoms with Crippen LogP contribution in [0, 0.1) is 0 Å². The summed E-state index contributed by atoms with van der Waals surface area (Å²) in [6.07, 6.45) is 1.57. The first kappa shape index (κ1) is 31.6. The van der Waals surface area contributed by atoms with Crippen molar-refractivity contribution < 1.29 is 33.3 Å². The van der Waals surface area contributed by atoms with Gasteiger partial charge in [0.25, 0.3) is 5.56 Å². The largest absolute Gasteiger partial charge is 0.493 e. The van der Waals surface area contributed by atoms with Crippen LogP contribution in [0.4, 0.5) is 0 Å². The zero-order valence-electron chi connectivity index (χ0n) is 25.4. The van der Waals surface area contributed by atoms with Gasteiger partial charge in [0, 0.05) is 17.2 Å². The van der Waals surface area contributed by atoms with Gasteiger partial charge in [-0.05, 0) is 55.0 Å². The number of carbonyl (C=O) groups excluding carboxylic acids is 1. The Kier molecular flexibility index (Phi) is 8.84. The molecule has 10 nitrogen and oxygen atoms in total. The number of fused-ring (bicyclic) bond motifs is 1. The van der Waals surface area contributed by atoms with Gasteiger partial charge in [-0.3, -0.25) is 9.36 Å². The number of carboxylic acids is 1. The van der Waals surface area contributed by atoms with Gasteiger partial charge in [-0.1, -0.05) is 59.3 Å². The third-order valence-corrected chi connectivity index (χ3v) is 8.79. The Bertz CT molecular complexity index is 2230. The number of halogens is 1. The van der Waals surface area contributed by atoms with Crippen LogP contribution >= 0.6 is 22.9 Å². The minimum absolute atomic E-state index is 0.0532. The maximum Gasteiger partial charge on any atom is 0.338 e. The average Bonchev–Trinajstić information content (AvgIpc) is 3.67. The number of esters is 1. The van der Waals surface area contributed by atoms with Crippen molar-refractivity contribution in [1.29, 1.82) is 0 Å². The van der Waals surface area contributed by atoms with E-state index in [0.717, 1.165) is 11.3 Å². The van der Waals surface area contributed by atoms with Crippen LogP contribution in [0.1, 0.15) is 40.2 Å². The van der Waals surface area contributed by atoms with Crippen molar-refractivity contribution >= 4 is 46.6 Å². The van der Waals surface area contributed by atoms with E-state index in [0.29, 0.717) is 55.2 Å². The fourth-order valence-electron chi connectivity index (χ4n) is 5.33. The molecule has 0 aliphatic carbocycles. The van der Waals surface area contributed by atoms with Crippen molar-refractivity contribution in [3.8, 4) is 22.8 Å².